The Hall–Kier alpha value is -2.17. The number of anilines is 2. The molecule has 0 unspecified atom stereocenters. The molecule has 3 N–H and O–H groups in total. The molecule has 100 valence electrons. The van der Waals surface area contributed by atoms with E-state index in [9.17, 15) is 0 Å². The van der Waals surface area contributed by atoms with E-state index in [1.807, 2.05) is 17.0 Å². The molecular weight excluding hydrogens is 240 g/mol. The van der Waals surface area contributed by atoms with E-state index in [-0.39, 0.29) is 0 Å². The molecule has 2 aliphatic heterocycles. The number of hydrogen-bond acceptors (Lipinski definition) is 3. The molecule has 0 amide bonds. The van der Waals surface area contributed by atoms with Crippen molar-refractivity contribution in [1.82, 2.24) is 5.32 Å². The molecule has 0 saturated carbocycles. The van der Waals surface area contributed by atoms with Crippen molar-refractivity contribution in [2.24, 2.45) is 0 Å². The maximum atomic E-state index is 7.94. The molecule has 0 bridgehead atoms. The maximum absolute atomic E-state index is 7.94. The zero-order chi connectivity index (χ0) is 13.2. The topological polar surface area (TPSA) is 60.4 Å². The zero-order valence-corrected chi connectivity index (χ0v) is 10.8. The van der Waals surface area contributed by atoms with E-state index in [0.717, 1.165) is 43.2 Å². The summed E-state index contributed by atoms with van der Waals surface area (Å²) < 4.78 is 5.69. The molecule has 2 heterocycles. The summed E-state index contributed by atoms with van der Waals surface area (Å²) in [5, 5.41) is 14.3. The molecule has 5 heteroatoms. The van der Waals surface area contributed by atoms with Crippen LogP contribution >= 0.6 is 0 Å². The van der Waals surface area contributed by atoms with Crippen LogP contribution in [0.15, 0.2) is 24.8 Å². The number of fused-ring (bicyclic) bond motifs is 1. The number of allylic oxidation sites excluding steroid dienone is 1. The largest absolute Gasteiger partial charge is 0.490 e. The van der Waals surface area contributed by atoms with Crippen LogP contribution in [0.3, 0.4) is 0 Å². The summed E-state index contributed by atoms with van der Waals surface area (Å²) in [6.07, 6.45) is 2.68. The van der Waals surface area contributed by atoms with Gasteiger partial charge in [-0.15, -0.1) is 6.58 Å². The number of nitrogens with zero attached hydrogens (tertiary/aromatic N) is 1. The fraction of sp³-hybridized carbons (Fsp3) is 0.357. The fourth-order valence-electron chi connectivity index (χ4n) is 2.52. The van der Waals surface area contributed by atoms with Crippen LogP contribution in [0.5, 0.6) is 5.75 Å². The van der Waals surface area contributed by atoms with E-state index in [4.69, 9.17) is 10.1 Å². The molecule has 0 atom stereocenters. The first-order chi connectivity index (χ1) is 9.29. The van der Waals surface area contributed by atoms with Gasteiger partial charge in [0.05, 0.1) is 11.4 Å². The summed E-state index contributed by atoms with van der Waals surface area (Å²) in [7, 11) is 0. The van der Waals surface area contributed by atoms with Gasteiger partial charge in [-0.05, 0) is 18.1 Å². The Morgan fingerprint density at radius 2 is 2.26 bits per heavy atom. The SMILES string of the molecule is C=CCc1cc2c(cc1N1CCNC1=N)OCCN2. The Kier molecular flexibility index (Phi) is 3.03. The Labute approximate surface area is 112 Å². The predicted molar refractivity (Wildman–Crippen MR) is 77.4 cm³/mol. The Balaban J connectivity index is 2.04. The van der Waals surface area contributed by atoms with Crippen molar-refractivity contribution in [1.29, 1.82) is 5.41 Å². The van der Waals surface area contributed by atoms with Crippen LogP contribution in [-0.4, -0.2) is 32.2 Å². The van der Waals surface area contributed by atoms with Gasteiger partial charge in [0.15, 0.2) is 5.96 Å². The molecule has 0 aliphatic carbocycles. The smallest absolute Gasteiger partial charge is 0.195 e. The zero-order valence-electron chi connectivity index (χ0n) is 10.8. The lowest BCUT2D eigenvalue weighted by molar-refractivity contribution is 0.323. The van der Waals surface area contributed by atoms with E-state index in [0.29, 0.717) is 12.6 Å². The number of ether oxygens (including phenoxy) is 1. The van der Waals surface area contributed by atoms with Gasteiger partial charge in [0.2, 0.25) is 0 Å². The van der Waals surface area contributed by atoms with Crippen molar-refractivity contribution < 1.29 is 4.74 Å². The minimum atomic E-state index is 0.453. The Bertz CT molecular complexity index is 526. The first-order valence-electron chi connectivity index (χ1n) is 6.54. The van der Waals surface area contributed by atoms with Crippen LogP contribution in [0.4, 0.5) is 11.4 Å². The Morgan fingerprint density at radius 1 is 1.37 bits per heavy atom. The van der Waals surface area contributed by atoms with Crippen LogP contribution in [0, 0.1) is 5.41 Å². The lowest BCUT2D eigenvalue weighted by Crippen LogP contribution is -2.30. The third-order valence-electron chi connectivity index (χ3n) is 3.41. The number of rotatable bonds is 3. The van der Waals surface area contributed by atoms with Crippen molar-refractivity contribution in [2.75, 3.05) is 36.5 Å². The van der Waals surface area contributed by atoms with Gasteiger partial charge in [-0.1, -0.05) is 6.08 Å². The lowest BCUT2D eigenvalue weighted by atomic mass is 10.1. The molecule has 1 aromatic rings. The second-order valence-corrected chi connectivity index (χ2v) is 4.67. The van der Waals surface area contributed by atoms with Gasteiger partial charge < -0.3 is 20.3 Å². The average molecular weight is 258 g/mol. The molecule has 1 fully saturated rings. The lowest BCUT2D eigenvalue weighted by Gasteiger charge is -2.25. The van der Waals surface area contributed by atoms with Crippen molar-refractivity contribution >= 4 is 17.3 Å². The number of guanidine groups is 1. The van der Waals surface area contributed by atoms with E-state index in [1.54, 1.807) is 0 Å². The molecule has 2 aliphatic rings. The summed E-state index contributed by atoms with van der Waals surface area (Å²) in [6.45, 7) is 6.96. The van der Waals surface area contributed by atoms with E-state index >= 15 is 0 Å². The van der Waals surface area contributed by atoms with Crippen LogP contribution in [-0.2, 0) is 6.42 Å². The van der Waals surface area contributed by atoms with Gasteiger partial charge in [-0.2, -0.15) is 0 Å². The number of nitrogens with one attached hydrogen (secondary N) is 3. The Morgan fingerprint density at radius 3 is 3.00 bits per heavy atom. The second kappa shape index (κ2) is 4.84. The van der Waals surface area contributed by atoms with Crippen molar-refractivity contribution in [3.05, 3.63) is 30.4 Å². The van der Waals surface area contributed by atoms with Gasteiger partial charge in [0, 0.05) is 25.7 Å². The molecular formula is C14H18N4O. The molecule has 0 spiro atoms. The van der Waals surface area contributed by atoms with Gasteiger partial charge >= 0.3 is 0 Å². The first kappa shape index (κ1) is 11.9. The van der Waals surface area contributed by atoms with Crippen LogP contribution < -0.4 is 20.3 Å². The third-order valence-corrected chi connectivity index (χ3v) is 3.41. The van der Waals surface area contributed by atoms with Crippen LogP contribution in [0.2, 0.25) is 0 Å². The minimum Gasteiger partial charge on any atom is -0.490 e. The average Bonchev–Trinajstić information content (AvgIpc) is 2.84. The highest BCUT2D eigenvalue weighted by molar-refractivity contribution is 5.97. The number of hydrogen-bond donors (Lipinski definition) is 3. The quantitative estimate of drug-likeness (QED) is 0.720. The normalized spacial score (nSPS) is 17.3. The van der Waals surface area contributed by atoms with Crippen molar-refractivity contribution in [2.45, 2.75) is 6.42 Å². The highest BCUT2D eigenvalue weighted by Crippen LogP contribution is 2.36. The summed E-state index contributed by atoms with van der Waals surface area (Å²) in [4.78, 5) is 1.98. The molecule has 0 aromatic heterocycles. The van der Waals surface area contributed by atoms with Crippen LogP contribution in [0.1, 0.15) is 5.56 Å². The first-order valence-corrected chi connectivity index (χ1v) is 6.54. The van der Waals surface area contributed by atoms with Gasteiger partial charge in [0.25, 0.3) is 0 Å². The molecule has 19 heavy (non-hydrogen) atoms. The van der Waals surface area contributed by atoms with Crippen LogP contribution in [0.25, 0.3) is 0 Å². The van der Waals surface area contributed by atoms with Crippen molar-refractivity contribution in [3.8, 4) is 5.75 Å². The van der Waals surface area contributed by atoms with E-state index in [2.05, 4.69) is 23.3 Å². The van der Waals surface area contributed by atoms with Crippen molar-refractivity contribution in [3.63, 3.8) is 0 Å². The molecule has 5 nitrogen and oxygen atoms in total. The molecule has 0 radical (unpaired) electrons. The maximum Gasteiger partial charge on any atom is 0.195 e. The monoisotopic (exact) mass is 258 g/mol. The minimum absolute atomic E-state index is 0.453. The molecule has 3 rings (SSSR count). The van der Waals surface area contributed by atoms with E-state index < -0.39 is 0 Å². The van der Waals surface area contributed by atoms with Gasteiger partial charge in [0.1, 0.15) is 12.4 Å². The standard InChI is InChI=1S/C14H18N4O/c1-2-3-10-8-11-13(19-7-5-16-11)9-12(10)18-6-4-17-14(18)15/h2,8-9,16H,1,3-7H2,(H2,15,17). The highest BCUT2D eigenvalue weighted by atomic mass is 16.5. The summed E-state index contributed by atoms with van der Waals surface area (Å²) in [5.41, 5.74) is 3.24. The third kappa shape index (κ3) is 2.12. The summed E-state index contributed by atoms with van der Waals surface area (Å²) in [6, 6.07) is 4.14. The van der Waals surface area contributed by atoms with Gasteiger partial charge in [-0.3, -0.25) is 5.41 Å². The fourth-order valence-corrected chi connectivity index (χ4v) is 2.52. The van der Waals surface area contributed by atoms with E-state index in [1.165, 1.54) is 5.56 Å². The predicted octanol–water partition coefficient (Wildman–Crippen LogP) is 1.56. The second-order valence-electron chi connectivity index (χ2n) is 4.67. The number of benzene rings is 1. The van der Waals surface area contributed by atoms with Gasteiger partial charge in [-0.25, -0.2) is 0 Å². The molecule has 1 saturated heterocycles. The summed E-state index contributed by atoms with van der Waals surface area (Å²) >= 11 is 0. The molecule has 1 aromatic carbocycles. The highest BCUT2D eigenvalue weighted by Gasteiger charge is 2.23. The summed E-state index contributed by atoms with van der Waals surface area (Å²) in [5.74, 6) is 1.32.